The Morgan fingerprint density at radius 2 is 2.08 bits per heavy atom. The van der Waals surface area contributed by atoms with Crippen LogP contribution in [0.15, 0.2) is 41.6 Å². The van der Waals surface area contributed by atoms with Crippen molar-refractivity contribution in [2.75, 3.05) is 0 Å². The van der Waals surface area contributed by atoms with Gasteiger partial charge in [0.2, 0.25) is 0 Å². The second-order valence-corrected chi connectivity index (χ2v) is 5.47. The largest absolute Gasteiger partial charge is 0.461 e. The van der Waals surface area contributed by atoms with Gasteiger partial charge in [0.05, 0.1) is 30.6 Å². The van der Waals surface area contributed by atoms with Gasteiger partial charge in [0.25, 0.3) is 5.56 Å². The van der Waals surface area contributed by atoms with E-state index in [0.717, 1.165) is 5.56 Å². The molecule has 0 atom stereocenters. The molecule has 0 aliphatic rings. The van der Waals surface area contributed by atoms with Gasteiger partial charge in [-0.2, -0.15) is 10.4 Å². The monoisotopic (exact) mass is 337 g/mol. The molecule has 3 rings (SSSR count). The third-order valence-corrected chi connectivity index (χ3v) is 3.76. The molecule has 2 aromatic heterocycles. The van der Waals surface area contributed by atoms with Crippen LogP contribution in [0.2, 0.25) is 0 Å². The number of hydrogen-bond donors (Lipinski definition) is 0. The summed E-state index contributed by atoms with van der Waals surface area (Å²) in [5.41, 5.74) is 1.61. The van der Waals surface area contributed by atoms with E-state index in [1.807, 2.05) is 6.07 Å². The number of carbonyl (C=O) groups is 1. The Bertz CT molecular complexity index is 1010. The second-order valence-electron chi connectivity index (χ2n) is 5.47. The lowest BCUT2D eigenvalue weighted by atomic mass is 10.2. The van der Waals surface area contributed by atoms with Crippen LogP contribution in [0.4, 0.5) is 0 Å². The van der Waals surface area contributed by atoms with E-state index in [-0.39, 0.29) is 25.1 Å². The van der Waals surface area contributed by atoms with Crippen molar-refractivity contribution in [2.45, 2.75) is 19.6 Å². The van der Waals surface area contributed by atoms with Crippen molar-refractivity contribution in [3.8, 4) is 6.07 Å². The van der Waals surface area contributed by atoms with Crippen LogP contribution < -0.4 is 5.56 Å². The zero-order valence-corrected chi connectivity index (χ0v) is 13.5. The summed E-state index contributed by atoms with van der Waals surface area (Å²) in [6.07, 6.45) is 2.92. The summed E-state index contributed by atoms with van der Waals surface area (Å²) in [5, 5.41) is 13.2. The van der Waals surface area contributed by atoms with E-state index >= 15 is 0 Å². The first kappa shape index (κ1) is 16.4. The highest BCUT2D eigenvalue weighted by Crippen LogP contribution is 2.06. The number of aryl methyl sites for hydroxylation is 2. The highest BCUT2D eigenvalue weighted by molar-refractivity contribution is 5.73. The van der Waals surface area contributed by atoms with Gasteiger partial charge in [0, 0.05) is 13.6 Å². The van der Waals surface area contributed by atoms with Crippen LogP contribution in [-0.4, -0.2) is 25.3 Å². The van der Waals surface area contributed by atoms with E-state index in [4.69, 9.17) is 10.00 Å². The molecule has 1 aromatic carbocycles. The Morgan fingerprint density at radius 1 is 1.32 bits per heavy atom. The van der Waals surface area contributed by atoms with E-state index in [9.17, 15) is 9.59 Å². The summed E-state index contributed by atoms with van der Waals surface area (Å²) in [4.78, 5) is 28.3. The first-order valence-corrected chi connectivity index (χ1v) is 7.60. The molecule has 8 nitrogen and oxygen atoms in total. The molecule has 0 aliphatic heterocycles. The molecule has 25 heavy (non-hydrogen) atoms. The topological polar surface area (TPSA) is 103 Å². The van der Waals surface area contributed by atoms with Gasteiger partial charge in [-0.25, -0.2) is 4.98 Å². The fourth-order valence-electron chi connectivity index (χ4n) is 2.35. The Labute approximate surface area is 142 Å². The number of hydrogen-bond acceptors (Lipinski definition) is 6. The molecule has 2 heterocycles. The number of carbonyl (C=O) groups excluding carboxylic acids is 1. The van der Waals surface area contributed by atoms with Gasteiger partial charge in [0.1, 0.15) is 12.0 Å². The van der Waals surface area contributed by atoms with Gasteiger partial charge >= 0.3 is 5.97 Å². The van der Waals surface area contributed by atoms with Gasteiger partial charge in [-0.05, 0) is 17.7 Å². The average molecular weight is 337 g/mol. The molecule has 126 valence electrons. The zero-order valence-electron chi connectivity index (χ0n) is 13.5. The summed E-state index contributed by atoms with van der Waals surface area (Å²) >= 11 is 0. The molecule has 0 radical (unpaired) electrons. The van der Waals surface area contributed by atoms with Gasteiger partial charge in [-0.1, -0.05) is 12.1 Å². The van der Waals surface area contributed by atoms with Gasteiger partial charge < -0.3 is 4.74 Å². The van der Waals surface area contributed by atoms with Crippen LogP contribution in [0.25, 0.3) is 11.0 Å². The first-order valence-electron chi connectivity index (χ1n) is 7.60. The lowest BCUT2D eigenvalue weighted by molar-refractivity contribution is -0.145. The predicted molar refractivity (Wildman–Crippen MR) is 88.3 cm³/mol. The van der Waals surface area contributed by atoms with E-state index in [1.165, 1.54) is 21.8 Å². The Kier molecular flexibility index (Phi) is 4.57. The molecule has 0 unspecified atom stereocenters. The normalized spacial score (nSPS) is 10.6. The number of ether oxygens (including phenoxy) is 1. The molecule has 0 fully saturated rings. The molecule has 0 amide bonds. The molecule has 0 saturated carbocycles. The van der Waals surface area contributed by atoms with Crippen molar-refractivity contribution in [1.29, 1.82) is 5.26 Å². The molecule has 3 aromatic rings. The van der Waals surface area contributed by atoms with Crippen molar-refractivity contribution in [2.24, 2.45) is 7.05 Å². The fraction of sp³-hybridized carbons (Fsp3) is 0.235. The molecule has 0 bridgehead atoms. The lowest BCUT2D eigenvalue weighted by Gasteiger charge is -2.07. The van der Waals surface area contributed by atoms with Crippen molar-refractivity contribution >= 4 is 17.0 Å². The van der Waals surface area contributed by atoms with Crippen molar-refractivity contribution < 1.29 is 9.53 Å². The minimum Gasteiger partial charge on any atom is -0.461 e. The molecular formula is C17H15N5O3. The maximum Gasteiger partial charge on any atom is 0.307 e. The van der Waals surface area contributed by atoms with Gasteiger partial charge in [-0.15, -0.1) is 0 Å². The number of aromatic nitrogens is 4. The van der Waals surface area contributed by atoms with Crippen LogP contribution >= 0.6 is 0 Å². The standard InChI is InChI=1S/C17H15N5O3/c1-21-16-14(9-20-21)17(24)22(11-19-16)7-6-15(23)25-10-13-4-2-12(8-18)3-5-13/h2-5,9,11H,6-7,10H2,1H3. The smallest absolute Gasteiger partial charge is 0.307 e. The highest BCUT2D eigenvalue weighted by Gasteiger charge is 2.10. The molecule has 0 N–H and O–H groups in total. The highest BCUT2D eigenvalue weighted by atomic mass is 16.5. The zero-order chi connectivity index (χ0) is 17.8. The number of nitrogens with zero attached hydrogens (tertiary/aromatic N) is 5. The average Bonchev–Trinajstić information content (AvgIpc) is 3.01. The van der Waals surface area contributed by atoms with Crippen LogP contribution in [0.3, 0.4) is 0 Å². The molecule has 0 saturated heterocycles. The quantitative estimate of drug-likeness (QED) is 0.647. The van der Waals surface area contributed by atoms with E-state index in [1.54, 1.807) is 31.3 Å². The number of nitriles is 1. The molecular weight excluding hydrogens is 322 g/mol. The Balaban J connectivity index is 1.58. The molecule has 0 spiro atoms. The van der Waals surface area contributed by atoms with Crippen molar-refractivity contribution in [1.82, 2.24) is 19.3 Å². The summed E-state index contributed by atoms with van der Waals surface area (Å²) in [6, 6.07) is 8.82. The van der Waals surface area contributed by atoms with E-state index < -0.39 is 5.97 Å². The summed E-state index contributed by atoms with van der Waals surface area (Å²) in [5.74, 6) is -0.414. The van der Waals surface area contributed by atoms with Crippen molar-refractivity contribution in [3.05, 3.63) is 58.3 Å². The van der Waals surface area contributed by atoms with Gasteiger partial charge in [-0.3, -0.25) is 18.8 Å². The number of esters is 1. The van der Waals surface area contributed by atoms with Crippen LogP contribution in [-0.2, 0) is 29.7 Å². The Morgan fingerprint density at radius 3 is 2.80 bits per heavy atom. The van der Waals surface area contributed by atoms with E-state index in [0.29, 0.717) is 16.6 Å². The van der Waals surface area contributed by atoms with Crippen LogP contribution in [0.1, 0.15) is 17.5 Å². The van der Waals surface area contributed by atoms with Crippen molar-refractivity contribution in [3.63, 3.8) is 0 Å². The maximum absolute atomic E-state index is 12.3. The fourth-order valence-corrected chi connectivity index (χ4v) is 2.35. The summed E-state index contributed by atoms with van der Waals surface area (Å²) in [7, 11) is 1.71. The Hall–Kier alpha value is -3.47. The van der Waals surface area contributed by atoms with Crippen LogP contribution in [0.5, 0.6) is 0 Å². The molecule has 8 heteroatoms. The minimum absolute atomic E-state index is 0.0592. The minimum atomic E-state index is -0.414. The van der Waals surface area contributed by atoms with Crippen LogP contribution in [0, 0.1) is 11.3 Å². The predicted octanol–water partition coefficient (Wildman–Crippen LogP) is 1.14. The third kappa shape index (κ3) is 3.55. The molecule has 0 aliphatic carbocycles. The number of fused-ring (bicyclic) bond motifs is 1. The second kappa shape index (κ2) is 6.97. The number of rotatable bonds is 5. The van der Waals surface area contributed by atoms with E-state index in [2.05, 4.69) is 10.1 Å². The lowest BCUT2D eigenvalue weighted by Crippen LogP contribution is -2.22. The summed E-state index contributed by atoms with van der Waals surface area (Å²) < 4.78 is 8.07. The first-order chi connectivity index (χ1) is 12.1. The SMILES string of the molecule is Cn1ncc2c(=O)n(CCC(=O)OCc3ccc(C#N)cc3)cnc21. The summed E-state index contributed by atoms with van der Waals surface area (Å²) in [6.45, 7) is 0.308. The third-order valence-electron chi connectivity index (χ3n) is 3.76. The maximum atomic E-state index is 12.3. The van der Waals surface area contributed by atoms with Gasteiger partial charge in [0.15, 0.2) is 5.65 Å². The number of benzene rings is 1.